The minimum Gasteiger partial charge on any atom is -0.454 e. The quantitative estimate of drug-likeness (QED) is 0.739. The topological polar surface area (TPSA) is 52.6 Å². The predicted octanol–water partition coefficient (Wildman–Crippen LogP) is 2.19. The summed E-state index contributed by atoms with van der Waals surface area (Å²) < 4.78 is 10.6. The maximum Gasteiger partial charge on any atom is 0.231 e. The Hall–Kier alpha value is -2.36. The minimum absolute atomic E-state index is 0.181. The second kappa shape index (κ2) is 3.59. The van der Waals surface area contributed by atoms with Gasteiger partial charge in [0, 0.05) is 16.5 Å². The van der Waals surface area contributed by atoms with Crippen molar-refractivity contribution in [3.63, 3.8) is 0 Å². The molecule has 0 N–H and O–H groups in total. The van der Waals surface area contributed by atoms with Crippen molar-refractivity contribution in [1.82, 2.24) is 0 Å². The lowest BCUT2D eigenvalue weighted by molar-refractivity contribution is 0.109. The fraction of sp³-hybridized carbons (Fsp3) is 0.0769. The van der Waals surface area contributed by atoms with Crippen LogP contribution >= 0.6 is 0 Å². The summed E-state index contributed by atoms with van der Waals surface area (Å²) in [6.45, 7) is 0.181. The molecule has 4 nitrogen and oxygen atoms in total. The number of ether oxygens (including phenoxy) is 2. The van der Waals surface area contributed by atoms with E-state index in [0.717, 1.165) is 5.39 Å². The summed E-state index contributed by atoms with van der Waals surface area (Å²) in [4.78, 5) is 21.9. The van der Waals surface area contributed by atoms with E-state index in [1.165, 1.54) is 0 Å². The van der Waals surface area contributed by atoms with Gasteiger partial charge in [0.25, 0.3) is 0 Å². The second-order valence-corrected chi connectivity index (χ2v) is 3.70. The molecule has 0 unspecified atom stereocenters. The molecule has 2 aromatic rings. The van der Waals surface area contributed by atoms with Crippen molar-refractivity contribution in [1.29, 1.82) is 0 Å². The number of benzene rings is 2. The first-order chi connectivity index (χ1) is 8.35. The van der Waals surface area contributed by atoms with E-state index >= 15 is 0 Å². The molecule has 0 aromatic heterocycles. The zero-order valence-electron chi connectivity index (χ0n) is 8.80. The van der Waals surface area contributed by atoms with Gasteiger partial charge in [-0.3, -0.25) is 9.59 Å². The van der Waals surface area contributed by atoms with E-state index in [4.69, 9.17) is 9.47 Å². The summed E-state index contributed by atoms with van der Waals surface area (Å²) in [6.07, 6.45) is 1.36. The lowest BCUT2D eigenvalue weighted by Crippen LogP contribution is -1.94. The van der Waals surface area contributed by atoms with Crippen LogP contribution in [0.15, 0.2) is 24.3 Å². The zero-order chi connectivity index (χ0) is 11.8. The van der Waals surface area contributed by atoms with Crippen LogP contribution in [0, 0.1) is 0 Å². The van der Waals surface area contributed by atoms with E-state index < -0.39 is 0 Å². The highest BCUT2D eigenvalue weighted by atomic mass is 16.7. The number of aldehydes is 2. The second-order valence-electron chi connectivity index (χ2n) is 3.70. The van der Waals surface area contributed by atoms with Crippen LogP contribution in [0.4, 0.5) is 0 Å². The number of carbonyl (C=O) groups is 2. The SMILES string of the molecule is O=Cc1ccc2c3c(ccc2c1C=O)OCO3. The number of hydrogen-bond acceptors (Lipinski definition) is 4. The first-order valence-electron chi connectivity index (χ1n) is 5.11. The van der Waals surface area contributed by atoms with Gasteiger partial charge in [0.2, 0.25) is 6.79 Å². The van der Waals surface area contributed by atoms with E-state index in [0.29, 0.717) is 40.6 Å². The maximum absolute atomic E-state index is 11.1. The Kier molecular flexibility index (Phi) is 2.08. The molecule has 17 heavy (non-hydrogen) atoms. The van der Waals surface area contributed by atoms with Crippen LogP contribution in [-0.4, -0.2) is 19.4 Å². The first-order valence-corrected chi connectivity index (χ1v) is 5.11. The summed E-state index contributed by atoms with van der Waals surface area (Å²) in [7, 11) is 0. The molecule has 0 aliphatic carbocycles. The fourth-order valence-corrected chi connectivity index (χ4v) is 2.05. The van der Waals surface area contributed by atoms with Crippen molar-refractivity contribution < 1.29 is 19.1 Å². The Balaban J connectivity index is 2.42. The molecule has 0 fully saturated rings. The number of carbonyl (C=O) groups excluding carboxylic acids is 2. The van der Waals surface area contributed by atoms with E-state index in [1.807, 2.05) is 0 Å². The van der Waals surface area contributed by atoms with Gasteiger partial charge in [0.05, 0.1) is 0 Å². The van der Waals surface area contributed by atoms with Gasteiger partial charge in [-0.15, -0.1) is 0 Å². The lowest BCUT2D eigenvalue weighted by atomic mass is 9.99. The predicted molar refractivity (Wildman–Crippen MR) is 60.8 cm³/mol. The molecule has 0 saturated carbocycles. The van der Waals surface area contributed by atoms with Crippen molar-refractivity contribution in [2.75, 3.05) is 6.79 Å². The molecule has 3 rings (SSSR count). The molecule has 0 bridgehead atoms. The number of rotatable bonds is 2. The average molecular weight is 228 g/mol. The third-order valence-corrected chi connectivity index (χ3v) is 2.85. The van der Waals surface area contributed by atoms with Crippen LogP contribution in [0.25, 0.3) is 10.8 Å². The summed E-state index contributed by atoms with van der Waals surface area (Å²) in [5.41, 5.74) is 0.766. The van der Waals surface area contributed by atoms with Crippen molar-refractivity contribution >= 4 is 23.3 Å². The summed E-state index contributed by atoms with van der Waals surface area (Å²) >= 11 is 0. The van der Waals surface area contributed by atoms with Gasteiger partial charge < -0.3 is 9.47 Å². The molecule has 0 saturated heterocycles. The van der Waals surface area contributed by atoms with Gasteiger partial charge in [-0.2, -0.15) is 0 Å². The summed E-state index contributed by atoms with van der Waals surface area (Å²) in [6, 6.07) is 6.88. The third kappa shape index (κ3) is 1.30. The van der Waals surface area contributed by atoms with Crippen LogP contribution in [0.2, 0.25) is 0 Å². The Morgan fingerprint density at radius 2 is 1.76 bits per heavy atom. The van der Waals surface area contributed by atoms with Gasteiger partial charge in [0.15, 0.2) is 24.1 Å². The molecule has 2 aromatic carbocycles. The van der Waals surface area contributed by atoms with Crippen molar-refractivity contribution in [3.8, 4) is 11.5 Å². The standard InChI is InChI=1S/C13H8O4/c14-5-8-1-2-10-9(11(8)6-15)3-4-12-13(10)17-7-16-12/h1-6H,7H2. The van der Waals surface area contributed by atoms with Gasteiger partial charge >= 0.3 is 0 Å². The Labute approximate surface area is 96.8 Å². The van der Waals surface area contributed by atoms with Crippen LogP contribution < -0.4 is 9.47 Å². The number of hydrogen-bond donors (Lipinski definition) is 0. The highest BCUT2D eigenvalue weighted by Crippen LogP contribution is 2.40. The van der Waals surface area contributed by atoms with Crippen LogP contribution in [0.3, 0.4) is 0 Å². The first kappa shape index (κ1) is 9.84. The van der Waals surface area contributed by atoms with Crippen LogP contribution in [0.5, 0.6) is 11.5 Å². The molecule has 1 heterocycles. The van der Waals surface area contributed by atoms with Crippen molar-refractivity contribution in [3.05, 3.63) is 35.4 Å². The molecule has 0 spiro atoms. The van der Waals surface area contributed by atoms with Gasteiger partial charge in [-0.1, -0.05) is 6.07 Å². The zero-order valence-corrected chi connectivity index (χ0v) is 8.80. The molecule has 4 heteroatoms. The van der Waals surface area contributed by atoms with Crippen molar-refractivity contribution in [2.24, 2.45) is 0 Å². The van der Waals surface area contributed by atoms with Crippen molar-refractivity contribution in [2.45, 2.75) is 0 Å². The van der Waals surface area contributed by atoms with Gasteiger partial charge in [-0.25, -0.2) is 0 Å². The monoisotopic (exact) mass is 228 g/mol. The van der Waals surface area contributed by atoms with Gasteiger partial charge in [0.1, 0.15) is 0 Å². The van der Waals surface area contributed by atoms with E-state index in [2.05, 4.69) is 0 Å². The average Bonchev–Trinajstić information content (AvgIpc) is 2.85. The molecule has 84 valence electrons. The van der Waals surface area contributed by atoms with E-state index in [1.54, 1.807) is 24.3 Å². The summed E-state index contributed by atoms with van der Waals surface area (Å²) in [5, 5.41) is 1.49. The molecule has 0 amide bonds. The van der Waals surface area contributed by atoms with Crippen LogP contribution in [0.1, 0.15) is 20.7 Å². The minimum atomic E-state index is 0.181. The number of fused-ring (bicyclic) bond motifs is 3. The molecular formula is C13H8O4. The highest BCUT2D eigenvalue weighted by Gasteiger charge is 2.18. The lowest BCUT2D eigenvalue weighted by Gasteiger charge is -2.06. The Morgan fingerprint density at radius 3 is 2.53 bits per heavy atom. The maximum atomic E-state index is 11.1. The largest absolute Gasteiger partial charge is 0.454 e. The fourth-order valence-electron chi connectivity index (χ4n) is 2.05. The van der Waals surface area contributed by atoms with E-state index in [9.17, 15) is 9.59 Å². The Bertz CT molecular complexity index is 631. The molecular weight excluding hydrogens is 220 g/mol. The smallest absolute Gasteiger partial charge is 0.231 e. The van der Waals surface area contributed by atoms with E-state index in [-0.39, 0.29) is 6.79 Å². The third-order valence-electron chi connectivity index (χ3n) is 2.85. The normalized spacial score (nSPS) is 12.7. The van der Waals surface area contributed by atoms with Gasteiger partial charge in [-0.05, 0) is 23.6 Å². The summed E-state index contributed by atoms with van der Waals surface area (Å²) in [5.74, 6) is 1.29. The molecule has 0 atom stereocenters. The Morgan fingerprint density at radius 1 is 0.941 bits per heavy atom. The molecule has 1 aliphatic rings. The molecule has 0 radical (unpaired) electrons. The highest BCUT2D eigenvalue weighted by molar-refractivity contribution is 6.07. The van der Waals surface area contributed by atoms with Crippen LogP contribution in [-0.2, 0) is 0 Å². The molecule has 1 aliphatic heterocycles.